The van der Waals surface area contributed by atoms with Crippen LogP contribution in [0, 0.1) is 15.0 Å². The highest BCUT2D eigenvalue weighted by molar-refractivity contribution is 7.99. The van der Waals surface area contributed by atoms with E-state index in [0.717, 1.165) is 0 Å². The van der Waals surface area contributed by atoms with Gasteiger partial charge in [0.05, 0.1) is 0 Å². The number of aromatic nitrogens is 2. The fourth-order valence-corrected chi connectivity index (χ4v) is 2.31. The summed E-state index contributed by atoms with van der Waals surface area (Å²) >= 11 is 1.30. The van der Waals surface area contributed by atoms with E-state index < -0.39 is 12.1 Å². The second kappa shape index (κ2) is 8.36. The van der Waals surface area contributed by atoms with Crippen molar-refractivity contribution >= 4 is 11.8 Å². The number of hydrogen-bond acceptors (Lipinski definition) is 7. The second-order valence-electron chi connectivity index (χ2n) is 4.07. The van der Waals surface area contributed by atoms with Crippen LogP contribution in [0.1, 0.15) is 20.3 Å². The van der Waals surface area contributed by atoms with Crippen molar-refractivity contribution in [1.29, 1.82) is 0 Å². The highest BCUT2D eigenvalue weighted by Gasteiger charge is 2.19. The Morgan fingerprint density at radius 3 is 2.70 bits per heavy atom. The SMILES string of the molecule is CCC(=CC(CSc1ncccn1)N=O)C(C)[N+](=O)[O-]. The largest absolute Gasteiger partial charge is 0.264 e. The first-order valence-electron chi connectivity index (χ1n) is 6.14. The van der Waals surface area contributed by atoms with Gasteiger partial charge in [-0.2, -0.15) is 4.91 Å². The molecule has 0 aromatic carbocycles. The lowest BCUT2D eigenvalue weighted by atomic mass is 10.0. The van der Waals surface area contributed by atoms with Crippen molar-refractivity contribution in [3.63, 3.8) is 0 Å². The molecule has 0 radical (unpaired) electrons. The molecule has 1 aromatic heterocycles. The van der Waals surface area contributed by atoms with Crippen LogP contribution >= 0.6 is 11.8 Å². The molecule has 0 N–H and O–H groups in total. The maximum absolute atomic E-state index is 10.9. The standard InChI is InChI=1S/C12H16N4O3S/c1-3-10(9(2)16(18)19)7-11(15-17)8-20-12-13-5-4-6-14-12/h4-7,9,11H,3,8H2,1-2H3. The van der Waals surface area contributed by atoms with E-state index in [0.29, 0.717) is 22.9 Å². The summed E-state index contributed by atoms with van der Waals surface area (Å²) in [7, 11) is 0. The van der Waals surface area contributed by atoms with Gasteiger partial charge in [-0.15, -0.1) is 0 Å². The molecule has 8 heteroatoms. The summed E-state index contributed by atoms with van der Waals surface area (Å²) in [5, 5.41) is 14.3. The minimum absolute atomic E-state index is 0.363. The summed E-state index contributed by atoms with van der Waals surface area (Å²) in [5.41, 5.74) is 0.606. The predicted octanol–water partition coefficient (Wildman–Crippen LogP) is 2.71. The highest BCUT2D eigenvalue weighted by atomic mass is 32.2. The van der Waals surface area contributed by atoms with E-state index in [1.807, 2.05) is 6.92 Å². The van der Waals surface area contributed by atoms with Crippen molar-refractivity contribution < 1.29 is 4.92 Å². The smallest absolute Gasteiger partial charge is 0.231 e. The van der Waals surface area contributed by atoms with Crippen molar-refractivity contribution in [2.45, 2.75) is 37.5 Å². The van der Waals surface area contributed by atoms with E-state index in [4.69, 9.17) is 0 Å². The van der Waals surface area contributed by atoms with E-state index in [1.165, 1.54) is 18.7 Å². The fourth-order valence-electron chi connectivity index (χ4n) is 1.56. The van der Waals surface area contributed by atoms with Gasteiger partial charge in [-0.05, 0) is 18.6 Å². The molecular weight excluding hydrogens is 280 g/mol. The number of nitrogens with zero attached hydrogens (tertiary/aromatic N) is 4. The third-order valence-electron chi connectivity index (χ3n) is 2.73. The van der Waals surface area contributed by atoms with Crippen LogP contribution in [0.5, 0.6) is 0 Å². The molecule has 1 rings (SSSR count). The molecule has 1 aromatic rings. The first-order chi connectivity index (χ1) is 9.58. The van der Waals surface area contributed by atoms with Gasteiger partial charge in [-0.25, -0.2) is 9.97 Å². The molecule has 0 aliphatic rings. The lowest BCUT2D eigenvalue weighted by Gasteiger charge is -2.09. The Balaban J connectivity index is 2.70. The lowest BCUT2D eigenvalue weighted by molar-refractivity contribution is -0.508. The zero-order chi connectivity index (χ0) is 15.0. The van der Waals surface area contributed by atoms with Crippen molar-refractivity contribution in [3.05, 3.63) is 45.1 Å². The molecule has 0 saturated carbocycles. The molecule has 0 bridgehead atoms. The third kappa shape index (κ3) is 5.04. The maximum Gasteiger partial charge on any atom is 0.231 e. The number of thioether (sulfide) groups is 1. The van der Waals surface area contributed by atoms with Crippen LogP contribution in [0.4, 0.5) is 0 Å². The van der Waals surface area contributed by atoms with Crippen LogP contribution in [0.25, 0.3) is 0 Å². The lowest BCUT2D eigenvalue weighted by Crippen LogP contribution is -2.19. The predicted molar refractivity (Wildman–Crippen MR) is 77.2 cm³/mol. The zero-order valence-corrected chi connectivity index (χ0v) is 12.1. The van der Waals surface area contributed by atoms with Crippen LogP contribution in [-0.4, -0.2) is 32.7 Å². The zero-order valence-electron chi connectivity index (χ0n) is 11.3. The first-order valence-corrected chi connectivity index (χ1v) is 7.13. The summed E-state index contributed by atoms with van der Waals surface area (Å²) in [6.07, 6.45) is 5.32. The maximum atomic E-state index is 10.9. The molecule has 20 heavy (non-hydrogen) atoms. The molecule has 2 unspecified atom stereocenters. The monoisotopic (exact) mass is 296 g/mol. The van der Waals surface area contributed by atoms with Gasteiger partial charge in [-0.1, -0.05) is 23.9 Å². The Morgan fingerprint density at radius 1 is 1.55 bits per heavy atom. The molecule has 108 valence electrons. The Labute approximate surface area is 121 Å². The van der Waals surface area contributed by atoms with Gasteiger partial charge in [0.25, 0.3) is 0 Å². The molecule has 0 aliphatic carbocycles. The van der Waals surface area contributed by atoms with Crippen LogP contribution < -0.4 is 0 Å². The van der Waals surface area contributed by atoms with Crippen molar-refractivity contribution in [1.82, 2.24) is 9.97 Å². The average molecular weight is 296 g/mol. The quantitative estimate of drug-likeness (QED) is 0.183. The van der Waals surface area contributed by atoms with Crippen molar-refractivity contribution in [2.24, 2.45) is 5.18 Å². The topological polar surface area (TPSA) is 98.3 Å². The van der Waals surface area contributed by atoms with Crippen LogP contribution in [0.3, 0.4) is 0 Å². The number of hydrogen-bond donors (Lipinski definition) is 0. The summed E-state index contributed by atoms with van der Waals surface area (Å²) < 4.78 is 0. The summed E-state index contributed by atoms with van der Waals surface area (Å²) in [4.78, 5) is 29.3. The van der Waals surface area contributed by atoms with E-state index in [-0.39, 0.29) is 4.92 Å². The second-order valence-corrected chi connectivity index (χ2v) is 5.06. The highest BCUT2D eigenvalue weighted by Crippen LogP contribution is 2.18. The van der Waals surface area contributed by atoms with Crippen molar-refractivity contribution in [3.8, 4) is 0 Å². The molecule has 2 atom stereocenters. The molecule has 7 nitrogen and oxygen atoms in total. The first kappa shape index (κ1) is 16.2. The molecule has 0 spiro atoms. The van der Waals surface area contributed by atoms with Gasteiger partial charge < -0.3 is 0 Å². The molecular formula is C12H16N4O3S. The van der Waals surface area contributed by atoms with Crippen molar-refractivity contribution in [2.75, 3.05) is 5.75 Å². The molecule has 0 fully saturated rings. The number of nitro groups is 1. The van der Waals surface area contributed by atoms with Crippen LogP contribution in [-0.2, 0) is 0 Å². The van der Waals surface area contributed by atoms with E-state index in [2.05, 4.69) is 15.1 Å². The minimum Gasteiger partial charge on any atom is -0.264 e. The van der Waals surface area contributed by atoms with Gasteiger partial charge in [0.2, 0.25) is 6.04 Å². The van der Waals surface area contributed by atoms with Crippen LogP contribution in [0.2, 0.25) is 0 Å². The third-order valence-corrected chi connectivity index (χ3v) is 3.71. The molecule has 0 aliphatic heterocycles. The molecule has 0 saturated heterocycles. The van der Waals surface area contributed by atoms with Gasteiger partial charge >= 0.3 is 0 Å². The van der Waals surface area contributed by atoms with Gasteiger partial charge in [-0.3, -0.25) is 10.1 Å². The summed E-state index contributed by atoms with van der Waals surface area (Å²) in [6, 6.07) is 0.274. The molecule has 1 heterocycles. The number of nitroso groups, excluding NO2 is 1. The minimum atomic E-state index is -0.803. The van der Waals surface area contributed by atoms with Gasteiger partial charge in [0.15, 0.2) is 5.16 Å². The Morgan fingerprint density at radius 2 is 2.20 bits per heavy atom. The van der Waals surface area contributed by atoms with E-state index in [1.54, 1.807) is 24.5 Å². The van der Waals surface area contributed by atoms with Gasteiger partial charge in [0, 0.05) is 35.6 Å². The van der Waals surface area contributed by atoms with E-state index >= 15 is 0 Å². The molecule has 0 amide bonds. The normalized spacial score (nSPS) is 14.6. The summed E-state index contributed by atoms with van der Waals surface area (Å²) in [5.74, 6) is 0.363. The van der Waals surface area contributed by atoms with Gasteiger partial charge in [0.1, 0.15) is 6.04 Å². The average Bonchev–Trinajstić information content (AvgIpc) is 2.48. The Bertz CT molecular complexity index is 481. The summed E-state index contributed by atoms with van der Waals surface area (Å²) in [6.45, 7) is 3.33. The Hall–Kier alpha value is -1.83. The Kier molecular flexibility index (Phi) is 6.78. The van der Waals surface area contributed by atoms with Crippen LogP contribution in [0.15, 0.2) is 40.4 Å². The fraction of sp³-hybridized carbons (Fsp3) is 0.500. The van der Waals surface area contributed by atoms with E-state index in [9.17, 15) is 15.0 Å². The number of rotatable bonds is 8.